The van der Waals surface area contributed by atoms with Gasteiger partial charge in [0.15, 0.2) is 0 Å². The number of carbonyl (C=O) groups excluding carboxylic acids is 4. The van der Waals surface area contributed by atoms with Gasteiger partial charge in [-0.2, -0.15) is 0 Å². The molecule has 0 saturated carbocycles. The van der Waals surface area contributed by atoms with Gasteiger partial charge in [0.2, 0.25) is 5.91 Å². The third kappa shape index (κ3) is 6.65. The molecule has 0 spiro atoms. The van der Waals surface area contributed by atoms with Crippen LogP contribution < -0.4 is 15.4 Å². The molecule has 41 heavy (non-hydrogen) atoms. The molecule has 0 aliphatic carbocycles. The van der Waals surface area contributed by atoms with Crippen molar-refractivity contribution in [2.45, 2.75) is 46.1 Å². The van der Waals surface area contributed by atoms with Crippen LogP contribution in [0.5, 0.6) is 5.75 Å². The predicted octanol–water partition coefficient (Wildman–Crippen LogP) is 5.44. The Bertz CT molecular complexity index is 1380. The number of anilines is 1. The Morgan fingerprint density at radius 2 is 1.44 bits per heavy atom. The fourth-order valence-electron chi connectivity index (χ4n) is 5.20. The maximum Gasteiger partial charge on any atom is 0.321 e. The normalized spacial score (nSPS) is 14.1. The lowest BCUT2D eigenvalue weighted by Crippen LogP contribution is -2.50. The van der Waals surface area contributed by atoms with E-state index in [2.05, 4.69) is 0 Å². The number of nitrogens with two attached hydrogens (primary N) is 1. The van der Waals surface area contributed by atoms with Crippen molar-refractivity contribution in [2.75, 3.05) is 12.0 Å². The van der Waals surface area contributed by atoms with Crippen molar-refractivity contribution in [1.82, 2.24) is 4.90 Å². The Morgan fingerprint density at radius 3 is 1.95 bits per heavy atom. The molecule has 1 aliphatic rings. The molecule has 1 aliphatic heterocycles. The molecule has 5 amide bonds. The van der Waals surface area contributed by atoms with Crippen LogP contribution in [-0.4, -0.2) is 41.8 Å². The summed E-state index contributed by atoms with van der Waals surface area (Å²) in [5, 5.41) is 0. The summed E-state index contributed by atoms with van der Waals surface area (Å²) >= 11 is 0. The van der Waals surface area contributed by atoms with Gasteiger partial charge in [-0.15, -0.1) is 0 Å². The number of carbonyl (C=O) groups is 4. The van der Waals surface area contributed by atoms with E-state index in [1.807, 2.05) is 63.6 Å². The summed E-state index contributed by atoms with van der Waals surface area (Å²) in [6, 6.07) is 20.2. The van der Waals surface area contributed by atoms with Crippen molar-refractivity contribution in [1.29, 1.82) is 0 Å². The van der Waals surface area contributed by atoms with E-state index in [9.17, 15) is 19.2 Å². The molecular weight excluding hydrogens is 518 g/mol. The number of hydrogen-bond acceptors (Lipinski definition) is 5. The van der Waals surface area contributed by atoms with Gasteiger partial charge in [-0.1, -0.05) is 50.2 Å². The highest BCUT2D eigenvalue weighted by molar-refractivity contribution is 6.34. The van der Waals surface area contributed by atoms with Gasteiger partial charge in [-0.25, -0.2) is 9.69 Å². The number of benzene rings is 3. The lowest BCUT2D eigenvalue weighted by Gasteiger charge is -2.30. The van der Waals surface area contributed by atoms with E-state index in [-0.39, 0.29) is 23.6 Å². The van der Waals surface area contributed by atoms with Crippen LogP contribution >= 0.6 is 0 Å². The molecule has 4 rings (SSSR count). The summed E-state index contributed by atoms with van der Waals surface area (Å²) in [6.45, 7) is 5.87. The Hall–Kier alpha value is -4.46. The van der Waals surface area contributed by atoms with E-state index in [0.29, 0.717) is 36.1 Å². The molecule has 8 heteroatoms. The van der Waals surface area contributed by atoms with Crippen molar-refractivity contribution >= 4 is 29.4 Å². The van der Waals surface area contributed by atoms with Gasteiger partial charge in [0.05, 0.1) is 23.9 Å². The minimum Gasteiger partial charge on any atom is -0.497 e. The fourth-order valence-corrected chi connectivity index (χ4v) is 5.20. The number of nitrogens with zero attached hydrogens (tertiary/aromatic N) is 2. The number of ether oxygens (including phenoxy) is 1. The molecule has 0 fully saturated rings. The summed E-state index contributed by atoms with van der Waals surface area (Å²) in [6.07, 6.45) is 3.40. The maximum absolute atomic E-state index is 13.7. The van der Waals surface area contributed by atoms with Crippen molar-refractivity contribution < 1.29 is 23.9 Å². The van der Waals surface area contributed by atoms with Gasteiger partial charge in [0.1, 0.15) is 5.75 Å². The predicted molar refractivity (Wildman–Crippen MR) is 158 cm³/mol. The number of fused-ring (bicyclic) bond motifs is 1. The maximum atomic E-state index is 13.7. The molecule has 3 aromatic rings. The second-order valence-electron chi connectivity index (χ2n) is 10.8. The van der Waals surface area contributed by atoms with Crippen LogP contribution in [0.4, 0.5) is 10.5 Å². The van der Waals surface area contributed by atoms with Crippen LogP contribution in [0.3, 0.4) is 0 Å². The van der Waals surface area contributed by atoms with E-state index >= 15 is 0 Å². The Balaban J connectivity index is 1.44. The van der Waals surface area contributed by atoms with Crippen molar-refractivity contribution in [3.05, 3.63) is 101 Å². The van der Waals surface area contributed by atoms with Gasteiger partial charge in [-0.3, -0.25) is 19.3 Å². The largest absolute Gasteiger partial charge is 0.497 e. The molecule has 0 aromatic heterocycles. The average Bonchev–Trinajstić information content (AvgIpc) is 3.21. The molecule has 0 unspecified atom stereocenters. The average molecular weight is 555 g/mol. The number of primary amides is 1. The topological polar surface area (TPSA) is 110 Å². The number of imide groups is 2. The minimum atomic E-state index is -0.775. The molecular formula is C33H36N3O5. The zero-order chi connectivity index (χ0) is 29.7. The van der Waals surface area contributed by atoms with E-state index < -0.39 is 18.0 Å². The third-order valence-corrected chi connectivity index (χ3v) is 7.28. The fraction of sp³-hybridized carbons (Fsp3) is 0.303. The van der Waals surface area contributed by atoms with Crippen LogP contribution in [-0.2, 0) is 17.6 Å². The van der Waals surface area contributed by atoms with Crippen LogP contribution in [0.2, 0.25) is 0 Å². The summed E-state index contributed by atoms with van der Waals surface area (Å²) < 4.78 is 5.21. The van der Waals surface area contributed by atoms with E-state index in [4.69, 9.17) is 10.5 Å². The number of methoxy groups -OCH3 is 1. The standard InChI is InChI=1S/C33H36N3O5/c1-21(2)19-25(30(37)35(33(34)40)22(3)20-24-12-17-27(41-4)18-13-24)14-9-23-10-15-26(16-11-23)36-31(38)28-7-5-6-8-29(28)32(36)39/h5-8,10-18,21-22,25H,9,19-20H2,1-4H3,(H2,34,40)/t22-,25+/m0/s1. The second-order valence-corrected chi connectivity index (χ2v) is 10.8. The molecule has 8 nitrogen and oxygen atoms in total. The highest BCUT2D eigenvalue weighted by atomic mass is 16.5. The quantitative estimate of drug-likeness (QED) is 0.317. The summed E-state index contributed by atoms with van der Waals surface area (Å²) in [5.41, 5.74) is 8.86. The first-order chi connectivity index (χ1) is 19.6. The highest BCUT2D eigenvalue weighted by Crippen LogP contribution is 2.29. The van der Waals surface area contributed by atoms with Gasteiger partial charge in [-0.05, 0) is 86.1 Å². The lowest BCUT2D eigenvalue weighted by atomic mass is 9.89. The van der Waals surface area contributed by atoms with Crippen molar-refractivity contribution in [3.63, 3.8) is 0 Å². The van der Waals surface area contributed by atoms with E-state index in [1.54, 1.807) is 43.5 Å². The van der Waals surface area contributed by atoms with Crippen LogP contribution in [0.15, 0.2) is 72.8 Å². The van der Waals surface area contributed by atoms with Gasteiger partial charge in [0.25, 0.3) is 11.8 Å². The first-order valence-electron chi connectivity index (χ1n) is 13.8. The van der Waals surface area contributed by atoms with Gasteiger partial charge >= 0.3 is 6.03 Å². The Kier molecular flexibility index (Phi) is 9.22. The van der Waals surface area contributed by atoms with Crippen LogP contribution in [0.25, 0.3) is 0 Å². The van der Waals surface area contributed by atoms with E-state index in [0.717, 1.165) is 16.9 Å². The summed E-state index contributed by atoms with van der Waals surface area (Å²) in [5.74, 6) is -0.590. The SMILES string of the molecule is COc1ccc(C[C@H](C)N(C(N)=O)C(=O)[C@H]([CH]Cc2ccc(N3C(=O)c4ccccc4C3=O)cc2)CC(C)C)cc1. The molecule has 1 heterocycles. The molecule has 1 radical (unpaired) electrons. The lowest BCUT2D eigenvalue weighted by molar-refractivity contribution is -0.133. The van der Waals surface area contributed by atoms with Crippen LogP contribution in [0.1, 0.15) is 59.0 Å². The molecule has 0 bridgehead atoms. The number of urea groups is 1. The number of rotatable bonds is 11. The smallest absolute Gasteiger partial charge is 0.321 e. The highest BCUT2D eigenvalue weighted by Gasteiger charge is 2.36. The summed E-state index contributed by atoms with van der Waals surface area (Å²) in [7, 11) is 1.60. The molecule has 2 atom stereocenters. The molecule has 213 valence electrons. The second kappa shape index (κ2) is 12.8. The Labute approximate surface area is 241 Å². The van der Waals surface area contributed by atoms with Crippen molar-refractivity contribution in [3.8, 4) is 5.75 Å². The van der Waals surface area contributed by atoms with E-state index in [1.165, 1.54) is 9.80 Å². The first kappa shape index (κ1) is 29.5. The zero-order valence-corrected chi connectivity index (χ0v) is 23.9. The number of hydrogen-bond donors (Lipinski definition) is 1. The van der Waals surface area contributed by atoms with Gasteiger partial charge < -0.3 is 10.5 Å². The first-order valence-corrected chi connectivity index (χ1v) is 13.8. The number of amides is 5. The molecule has 3 aromatic carbocycles. The molecule has 2 N–H and O–H groups in total. The summed E-state index contributed by atoms with van der Waals surface area (Å²) in [4.78, 5) is 54.1. The van der Waals surface area contributed by atoms with Crippen LogP contribution in [0, 0.1) is 18.3 Å². The van der Waals surface area contributed by atoms with Gasteiger partial charge in [0, 0.05) is 12.0 Å². The van der Waals surface area contributed by atoms with Crippen molar-refractivity contribution in [2.24, 2.45) is 17.6 Å². The minimum absolute atomic E-state index is 0.211. The third-order valence-electron chi connectivity index (χ3n) is 7.28. The zero-order valence-electron chi connectivity index (χ0n) is 23.9. The molecule has 0 saturated heterocycles. The Morgan fingerprint density at radius 1 is 0.878 bits per heavy atom. The monoisotopic (exact) mass is 554 g/mol.